The number of hydrogen-bond acceptors (Lipinski definition) is 3. The van der Waals surface area contributed by atoms with Crippen molar-refractivity contribution in [3.63, 3.8) is 0 Å². The molecule has 3 rings (SSSR count). The fourth-order valence-corrected chi connectivity index (χ4v) is 3.67. The number of hydrogen-bond donors (Lipinski definition) is 2. The zero-order valence-corrected chi connectivity index (χ0v) is 14.3. The lowest BCUT2D eigenvalue weighted by Gasteiger charge is -2.25. The van der Waals surface area contributed by atoms with Crippen LogP contribution in [0, 0.1) is 11.3 Å². The summed E-state index contributed by atoms with van der Waals surface area (Å²) in [6.07, 6.45) is 3.08. The van der Waals surface area contributed by atoms with Gasteiger partial charge in [-0.1, -0.05) is 26.0 Å². The molecule has 2 N–H and O–H groups in total. The van der Waals surface area contributed by atoms with Crippen molar-refractivity contribution in [1.82, 2.24) is 5.32 Å². The second-order valence-corrected chi connectivity index (χ2v) is 8.14. The first kappa shape index (κ1) is 15.8. The van der Waals surface area contributed by atoms with Gasteiger partial charge >= 0.3 is 0 Å². The number of fused-ring (bicyclic) bond motifs is 1. The summed E-state index contributed by atoms with van der Waals surface area (Å²) in [5.74, 6) is 1.37. The Labute approximate surface area is 134 Å². The number of rotatable bonds is 6. The summed E-state index contributed by atoms with van der Waals surface area (Å²) < 4.78 is 5.92. The first-order valence-electron chi connectivity index (χ1n) is 8.51. The Hall–Kier alpha value is -1.06. The monoisotopic (exact) mass is 303 g/mol. The molecule has 0 aromatic heterocycles. The van der Waals surface area contributed by atoms with Gasteiger partial charge in [-0.25, -0.2) is 0 Å². The van der Waals surface area contributed by atoms with Crippen LogP contribution in [0.25, 0.3) is 0 Å². The van der Waals surface area contributed by atoms with Crippen molar-refractivity contribution in [3.05, 3.63) is 29.3 Å². The van der Waals surface area contributed by atoms with Gasteiger partial charge in [-0.2, -0.15) is 0 Å². The smallest absolute Gasteiger partial charge is 0.123 e. The van der Waals surface area contributed by atoms with Crippen LogP contribution in [0.3, 0.4) is 0 Å². The highest BCUT2D eigenvalue weighted by Crippen LogP contribution is 2.50. The molecule has 0 amide bonds. The highest BCUT2D eigenvalue weighted by atomic mass is 16.5. The molecular weight excluding hydrogens is 274 g/mol. The van der Waals surface area contributed by atoms with Gasteiger partial charge in [0.15, 0.2) is 0 Å². The molecule has 2 aliphatic rings. The molecule has 3 heteroatoms. The SMILES string of the molecule is CC(C)[C@@H](O)C1(CNCc2ccc3c(c2)CC(C)(C)O3)CC1. The summed E-state index contributed by atoms with van der Waals surface area (Å²) in [4.78, 5) is 0. The standard InChI is InChI=1S/C19H29NO2/c1-13(2)17(21)19(7-8-19)12-20-11-14-5-6-16-15(9-14)10-18(3,4)22-16/h5-6,9,13,17,20-21H,7-8,10-12H2,1-4H3/t17-/m1/s1. The molecule has 1 saturated carbocycles. The van der Waals surface area contributed by atoms with E-state index in [4.69, 9.17) is 4.74 Å². The van der Waals surface area contributed by atoms with Gasteiger partial charge in [-0.3, -0.25) is 0 Å². The number of aliphatic hydroxyl groups excluding tert-OH is 1. The van der Waals surface area contributed by atoms with Crippen molar-refractivity contribution < 1.29 is 9.84 Å². The summed E-state index contributed by atoms with van der Waals surface area (Å²) in [6, 6.07) is 6.50. The van der Waals surface area contributed by atoms with E-state index in [2.05, 4.69) is 51.2 Å². The van der Waals surface area contributed by atoms with E-state index >= 15 is 0 Å². The molecule has 1 aromatic rings. The second-order valence-electron chi connectivity index (χ2n) is 8.14. The number of nitrogens with one attached hydrogen (secondary N) is 1. The topological polar surface area (TPSA) is 41.5 Å². The molecule has 22 heavy (non-hydrogen) atoms. The Kier molecular flexibility index (Phi) is 3.98. The van der Waals surface area contributed by atoms with E-state index in [1.54, 1.807) is 0 Å². The van der Waals surface area contributed by atoms with Crippen LogP contribution < -0.4 is 10.1 Å². The van der Waals surface area contributed by atoms with Crippen molar-refractivity contribution in [1.29, 1.82) is 0 Å². The summed E-state index contributed by atoms with van der Waals surface area (Å²) in [7, 11) is 0. The molecule has 1 fully saturated rings. The lowest BCUT2D eigenvalue weighted by atomic mass is 9.90. The van der Waals surface area contributed by atoms with Gasteiger partial charge in [0.05, 0.1) is 6.10 Å². The molecule has 0 unspecified atom stereocenters. The van der Waals surface area contributed by atoms with Gasteiger partial charge in [0, 0.05) is 24.9 Å². The summed E-state index contributed by atoms with van der Waals surface area (Å²) in [5.41, 5.74) is 2.66. The van der Waals surface area contributed by atoms with Crippen LogP contribution in [0.4, 0.5) is 0 Å². The summed E-state index contributed by atoms with van der Waals surface area (Å²) >= 11 is 0. The fourth-order valence-electron chi connectivity index (χ4n) is 3.67. The second kappa shape index (κ2) is 5.54. The van der Waals surface area contributed by atoms with E-state index in [1.165, 1.54) is 11.1 Å². The predicted molar refractivity (Wildman–Crippen MR) is 89.1 cm³/mol. The zero-order valence-electron chi connectivity index (χ0n) is 14.3. The Bertz CT molecular complexity index is 546. The maximum Gasteiger partial charge on any atom is 0.123 e. The van der Waals surface area contributed by atoms with E-state index in [1.807, 2.05) is 0 Å². The van der Waals surface area contributed by atoms with Crippen LogP contribution in [0.5, 0.6) is 5.75 Å². The van der Waals surface area contributed by atoms with Crippen molar-refractivity contribution >= 4 is 0 Å². The molecule has 0 bridgehead atoms. The molecule has 1 aliphatic carbocycles. The molecule has 1 atom stereocenters. The molecule has 1 heterocycles. The first-order chi connectivity index (χ1) is 10.3. The molecule has 1 aromatic carbocycles. The number of benzene rings is 1. The third kappa shape index (κ3) is 3.16. The Morgan fingerprint density at radius 1 is 1.27 bits per heavy atom. The largest absolute Gasteiger partial charge is 0.487 e. The van der Waals surface area contributed by atoms with Gasteiger partial charge in [0.2, 0.25) is 0 Å². The minimum Gasteiger partial charge on any atom is -0.487 e. The Balaban J connectivity index is 1.55. The maximum absolute atomic E-state index is 10.3. The average Bonchev–Trinajstić information content (AvgIpc) is 3.14. The van der Waals surface area contributed by atoms with Gasteiger partial charge in [-0.15, -0.1) is 0 Å². The van der Waals surface area contributed by atoms with Crippen LogP contribution in [0.15, 0.2) is 18.2 Å². The van der Waals surface area contributed by atoms with Crippen molar-refractivity contribution in [2.75, 3.05) is 6.54 Å². The highest BCUT2D eigenvalue weighted by molar-refractivity contribution is 5.41. The minimum atomic E-state index is -0.186. The van der Waals surface area contributed by atoms with E-state index in [0.29, 0.717) is 5.92 Å². The molecular formula is C19H29NO2. The predicted octanol–water partition coefficient (Wildman–Crippen LogP) is 3.29. The fraction of sp³-hybridized carbons (Fsp3) is 0.684. The first-order valence-corrected chi connectivity index (χ1v) is 8.51. The van der Waals surface area contributed by atoms with Gasteiger partial charge in [0.25, 0.3) is 0 Å². The normalized spacial score (nSPS) is 22.3. The lowest BCUT2D eigenvalue weighted by molar-refractivity contribution is 0.0502. The van der Waals surface area contributed by atoms with Crippen LogP contribution in [0.1, 0.15) is 51.7 Å². The average molecular weight is 303 g/mol. The Morgan fingerprint density at radius 2 is 2.00 bits per heavy atom. The van der Waals surface area contributed by atoms with E-state index < -0.39 is 0 Å². The quantitative estimate of drug-likeness (QED) is 0.847. The Morgan fingerprint density at radius 3 is 2.64 bits per heavy atom. The molecule has 3 nitrogen and oxygen atoms in total. The summed E-state index contributed by atoms with van der Waals surface area (Å²) in [5, 5.41) is 13.9. The van der Waals surface area contributed by atoms with E-state index in [-0.39, 0.29) is 17.1 Å². The van der Waals surface area contributed by atoms with Gasteiger partial charge < -0.3 is 15.2 Å². The number of aliphatic hydroxyl groups is 1. The third-order valence-electron chi connectivity index (χ3n) is 5.08. The van der Waals surface area contributed by atoms with E-state index in [9.17, 15) is 5.11 Å². The number of ether oxygens (including phenoxy) is 1. The maximum atomic E-state index is 10.3. The van der Waals surface area contributed by atoms with Crippen LogP contribution >= 0.6 is 0 Å². The summed E-state index contributed by atoms with van der Waals surface area (Å²) in [6.45, 7) is 10.2. The molecule has 122 valence electrons. The van der Waals surface area contributed by atoms with Crippen LogP contribution in [-0.4, -0.2) is 23.4 Å². The molecule has 0 radical (unpaired) electrons. The molecule has 0 spiro atoms. The van der Waals surface area contributed by atoms with Crippen LogP contribution in [0.2, 0.25) is 0 Å². The molecule has 1 aliphatic heterocycles. The lowest BCUT2D eigenvalue weighted by Crippen LogP contribution is -2.36. The van der Waals surface area contributed by atoms with Crippen molar-refractivity contribution in [2.45, 2.75) is 65.2 Å². The van der Waals surface area contributed by atoms with Crippen molar-refractivity contribution in [3.8, 4) is 5.75 Å². The third-order valence-corrected chi connectivity index (χ3v) is 5.08. The van der Waals surface area contributed by atoms with E-state index in [0.717, 1.165) is 38.1 Å². The van der Waals surface area contributed by atoms with Crippen LogP contribution in [-0.2, 0) is 13.0 Å². The zero-order chi connectivity index (χ0) is 16.0. The van der Waals surface area contributed by atoms with Crippen molar-refractivity contribution in [2.24, 2.45) is 11.3 Å². The highest BCUT2D eigenvalue weighted by Gasteiger charge is 2.49. The van der Waals surface area contributed by atoms with Gasteiger partial charge in [-0.05, 0) is 49.8 Å². The molecule has 0 saturated heterocycles. The van der Waals surface area contributed by atoms with Gasteiger partial charge in [0.1, 0.15) is 11.4 Å². The minimum absolute atomic E-state index is 0.0756.